The van der Waals surface area contributed by atoms with E-state index in [1.165, 1.54) is 16.8 Å². The first kappa shape index (κ1) is 20.0. The van der Waals surface area contributed by atoms with E-state index in [0.717, 1.165) is 11.8 Å². The van der Waals surface area contributed by atoms with Crippen LogP contribution < -0.4 is 15.9 Å². The molecule has 0 saturated heterocycles. The van der Waals surface area contributed by atoms with Crippen molar-refractivity contribution in [3.05, 3.63) is 65.2 Å². The number of halogens is 2. The summed E-state index contributed by atoms with van der Waals surface area (Å²) < 4.78 is 20.2. The van der Waals surface area contributed by atoms with Crippen LogP contribution in [0.4, 0.5) is 10.1 Å². The van der Waals surface area contributed by atoms with E-state index >= 15 is 0 Å². The van der Waals surface area contributed by atoms with Crippen molar-refractivity contribution in [1.82, 2.24) is 14.9 Å². The van der Waals surface area contributed by atoms with Gasteiger partial charge in [-0.05, 0) is 37.3 Å². The van der Waals surface area contributed by atoms with Gasteiger partial charge in [-0.3, -0.25) is 4.79 Å². The number of para-hydroxylation sites is 1. The van der Waals surface area contributed by atoms with Crippen molar-refractivity contribution in [2.24, 2.45) is 0 Å². The van der Waals surface area contributed by atoms with Crippen LogP contribution in [0.3, 0.4) is 0 Å². The molecule has 7 nitrogen and oxygen atoms in total. The molecular formula is C18H17ClFN5O2S. The fourth-order valence-corrected chi connectivity index (χ4v) is 3.19. The number of nitrogens with two attached hydrogens (primary N) is 1. The van der Waals surface area contributed by atoms with Crippen LogP contribution >= 0.6 is 23.4 Å². The second-order valence-corrected chi connectivity index (χ2v) is 7.49. The molecule has 3 rings (SSSR count). The van der Waals surface area contributed by atoms with Gasteiger partial charge in [0, 0.05) is 10.7 Å². The van der Waals surface area contributed by atoms with Crippen molar-refractivity contribution < 1.29 is 13.9 Å². The number of carbonyl (C=O) groups is 1. The molecule has 3 aromatic rings. The third kappa shape index (κ3) is 4.93. The predicted molar refractivity (Wildman–Crippen MR) is 106 cm³/mol. The molecule has 1 aromatic heterocycles. The molecule has 0 unspecified atom stereocenters. The molecular weight excluding hydrogens is 405 g/mol. The van der Waals surface area contributed by atoms with Crippen LogP contribution in [0.2, 0.25) is 5.02 Å². The molecule has 0 aliphatic heterocycles. The number of thioether (sulfide) groups is 1. The SMILES string of the molecule is C[C@@H](Sc1nnc(COc2ccccc2F)n1N)C(=O)Nc1cccc(Cl)c1. The number of rotatable bonds is 7. The van der Waals surface area contributed by atoms with E-state index in [-0.39, 0.29) is 18.3 Å². The highest BCUT2D eigenvalue weighted by Crippen LogP contribution is 2.23. The maximum Gasteiger partial charge on any atom is 0.237 e. The first-order valence-corrected chi connectivity index (χ1v) is 9.49. The van der Waals surface area contributed by atoms with Gasteiger partial charge < -0.3 is 15.9 Å². The molecule has 0 saturated carbocycles. The van der Waals surface area contributed by atoms with Gasteiger partial charge in [0.1, 0.15) is 6.61 Å². The Labute approximate surface area is 170 Å². The third-order valence-corrected chi connectivity index (χ3v) is 4.96. The zero-order valence-corrected chi connectivity index (χ0v) is 16.4. The third-order valence-electron chi connectivity index (χ3n) is 3.67. The number of amides is 1. The van der Waals surface area contributed by atoms with Gasteiger partial charge in [0.05, 0.1) is 5.25 Å². The fraction of sp³-hybridized carbons (Fsp3) is 0.167. The Kier molecular flexibility index (Phi) is 6.37. The average molecular weight is 422 g/mol. The van der Waals surface area contributed by atoms with Crippen molar-refractivity contribution in [3.63, 3.8) is 0 Å². The topological polar surface area (TPSA) is 95.1 Å². The molecule has 0 bridgehead atoms. The molecule has 0 radical (unpaired) electrons. The Morgan fingerprint density at radius 1 is 1.32 bits per heavy atom. The maximum atomic E-state index is 13.6. The maximum absolute atomic E-state index is 13.6. The number of aromatic nitrogens is 3. The minimum atomic E-state index is -0.495. The highest BCUT2D eigenvalue weighted by molar-refractivity contribution is 8.00. The Hall–Kier alpha value is -2.78. The summed E-state index contributed by atoms with van der Waals surface area (Å²) in [7, 11) is 0. The van der Waals surface area contributed by atoms with Crippen molar-refractivity contribution in [3.8, 4) is 5.75 Å². The standard InChI is InChI=1S/C18H17ClFN5O2S/c1-11(17(26)22-13-6-4-5-12(19)9-13)28-18-24-23-16(25(18)21)10-27-15-8-3-2-7-14(15)20/h2-9,11H,10,21H2,1H3,(H,22,26)/t11-/m1/s1. The first-order chi connectivity index (χ1) is 13.4. The number of nitrogens with one attached hydrogen (secondary N) is 1. The largest absolute Gasteiger partial charge is 0.482 e. The number of carbonyl (C=O) groups excluding carboxylic acids is 1. The van der Waals surface area contributed by atoms with Crippen molar-refractivity contribution in [2.45, 2.75) is 23.9 Å². The molecule has 0 fully saturated rings. The second-order valence-electron chi connectivity index (χ2n) is 5.75. The molecule has 28 heavy (non-hydrogen) atoms. The number of nitrogen functional groups attached to an aromatic ring is 1. The van der Waals surface area contributed by atoms with Gasteiger partial charge >= 0.3 is 0 Å². The number of anilines is 1. The minimum absolute atomic E-state index is 0.0614. The second kappa shape index (κ2) is 8.94. The van der Waals surface area contributed by atoms with E-state index in [9.17, 15) is 9.18 Å². The lowest BCUT2D eigenvalue weighted by Gasteiger charge is -2.12. The van der Waals surface area contributed by atoms with E-state index in [0.29, 0.717) is 21.7 Å². The highest BCUT2D eigenvalue weighted by Gasteiger charge is 2.20. The normalized spacial score (nSPS) is 11.8. The minimum Gasteiger partial charge on any atom is -0.482 e. The monoisotopic (exact) mass is 421 g/mol. The molecule has 1 heterocycles. The molecule has 10 heteroatoms. The van der Waals surface area contributed by atoms with E-state index in [4.69, 9.17) is 22.2 Å². The highest BCUT2D eigenvalue weighted by atomic mass is 35.5. The lowest BCUT2D eigenvalue weighted by Crippen LogP contribution is -2.24. The van der Waals surface area contributed by atoms with Gasteiger partial charge in [0.25, 0.3) is 0 Å². The lowest BCUT2D eigenvalue weighted by molar-refractivity contribution is -0.115. The summed E-state index contributed by atoms with van der Waals surface area (Å²) in [6.07, 6.45) is 0. The summed E-state index contributed by atoms with van der Waals surface area (Å²) in [6, 6.07) is 12.9. The number of nitrogens with zero attached hydrogens (tertiary/aromatic N) is 3. The van der Waals surface area contributed by atoms with Gasteiger partial charge in [-0.15, -0.1) is 10.2 Å². The Morgan fingerprint density at radius 3 is 2.86 bits per heavy atom. The van der Waals surface area contributed by atoms with Crippen LogP contribution in [0.1, 0.15) is 12.7 Å². The van der Waals surface area contributed by atoms with Crippen molar-refractivity contribution >= 4 is 35.0 Å². The van der Waals surface area contributed by atoms with Crippen LogP contribution in [0, 0.1) is 5.82 Å². The Balaban J connectivity index is 1.60. The van der Waals surface area contributed by atoms with Crippen LogP contribution in [0.5, 0.6) is 5.75 Å². The van der Waals surface area contributed by atoms with E-state index in [1.54, 1.807) is 43.3 Å². The molecule has 1 amide bonds. The van der Waals surface area contributed by atoms with Crippen LogP contribution in [-0.4, -0.2) is 26.0 Å². The average Bonchev–Trinajstić information content (AvgIpc) is 3.01. The van der Waals surface area contributed by atoms with Gasteiger partial charge in [-0.25, -0.2) is 9.07 Å². The molecule has 0 spiro atoms. The Morgan fingerprint density at radius 2 is 2.11 bits per heavy atom. The van der Waals surface area contributed by atoms with E-state index in [1.807, 2.05) is 0 Å². The van der Waals surface area contributed by atoms with Crippen LogP contribution in [-0.2, 0) is 11.4 Å². The smallest absolute Gasteiger partial charge is 0.237 e. The van der Waals surface area contributed by atoms with Gasteiger partial charge in [0.2, 0.25) is 11.1 Å². The summed E-state index contributed by atoms with van der Waals surface area (Å²) in [4.78, 5) is 12.4. The number of hydrogen-bond donors (Lipinski definition) is 2. The fourth-order valence-electron chi connectivity index (χ4n) is 2.21. The molecule has 146 valence electrons. The van der Waals surface area contributed by atoms with Gasteiger partial charge in [0.15, 0.2) is 17.4 Å². The molecule has 0 aliphatic rings. The zero-order valence-electron chi connectivity index (χ0n) is 14.8. The number of benzene rings is 2. The van der Waals surface area contributed by atoms with E-state index in [2.05, 4.69) is 15.5 Å². The van der Waals surface area contributed by atoms with Gasteiger partial charge in [-0.1, -0.05) is 41.6 Å². The summed E-state index contributed by atoms with van der Waals surface area (Å²) in [5.41, 5.74) is 0.596. The lowest BCUT2D eigenvalue weighted by atomic mass is 10.3. The number of hydrogen-bond acceptors (Lipinski definition) is 6. The summed E-state index contributed by atoms with van der Waals surface area (Å²) in [6.45, 7) is 1.66. The summed E-state index contributed by atoms with van der Waals surface area (Å²) in [5, 5.41) is 11.0. The Bertz CT molecular complexity index is 984. The van der Waals surface area contributed by atoms with Crippen molar-refractivity contribution in [1.29, 1.82) is 0 Å². The molecule has 0 aliphatic carbocycles. The zero-order chi connectivity index (χ0) is 20.1. The molecule has 3 N–H and O–H groups in total. The van der Waals surface area contributed by atoms with Crippen molar-refractivity contribution in [2.75, 3.05) is 11.2 Å². The number of ether oxygens (including phenoxy) is 1. The van der Waals surface area contributed by atoms with Crippen LogP contribution in [0.25, 0.3) is 0 Å². The first-order valence-electron chi connectivity index (χ1n) is 8.24. The van der Waals surface area contributed by atoms with Crippen LogP contribution in [0.15, 0.2) is 53.7 Å². The molecule has 2 aromatic carbocycles. The molecule has 1 atom stereocenters. The van der Waals surface area contributed by atoms with Gasteiger partial charge in [-0.2, -0.15) is 0 Å². The predicted octanol–water partition coefficient (Wildman–Crippen LogP) is 3.48. The quantitative estimate of drug-likeness (QED) is 0.448. The summed E-state index contributed by atoms with van der Waals surface area (Å²) >= 11 is 7.05. The summed E-state index contributed by atoms with van der Waals surface area (Å²) in [5.74, 6) is 5.65. The van der Waals surface area contributed by atoms with E-state index < -0.39 is 11.1 Å².